The average molecular weight is 331 g/mol. The third-order valence-electron chi connectivity index (χ3n) is 3.42. The van der Waals surface area contributed by atoms with Crippen molar-refractivity contribution in [3.8, 4) is 0 Å². The number of carbonyl (C=O) groups excluding carboxylic acids is 2. The molecule has 1 aliphatic heterocycles. The van der Waals surface area contributed by atoms with Crippen molar-refractivity contribution in [2.24, 2.45) is 0 Å². The maximum atomic E-state index is 11.9. The molecule has 1 aliphatic rings. The zero-order valence-electron chi connectivity index (χ0n) is 12.6. The lowest BCUT2D eigenvalue weighted by atomic mass is 10.3. The van der Waals surface area contributed by atoms with E-state index in [0.717, 1.165) is 32.7 Å². The predicted octanol–water partition coefficient (Wildman–Crippen LogP) is -0.159. The molecule has 1 atom stereocenters. The Labute approximate surface area is 136 Å². The zero-order valence-corrected chi connectivity index (χ0v) is 13.4. The lowest BCUT2D eigenvalue weighted by Crippen LogP contribution is -2.49. The Kier molecular flexibility index (Phi) is 7.94. The van der Waals surface area contributed by atoms with E-state index in [9.17, 15) is 9.59 Å². The van der Waals surface area contributed by atoms with E-state index in [1.807, 2.05) is 0 Å². The van der Waals surface area contributed by atoms with Crippen LogP contribution in [0, 0.1) is 0 Å². The lowest BCUT2D eigenvalue weighted by Gasteiger charge is -2.27. The number of amides is 2. The largest absolute Gasteiger partial charge is 0.459 e. The normalized spacial score (nSPS) is 16.4. The zero-order chi connectivity index (χ0) is 15.1. The van der Waals surface area contributed by atoms with Crippen molar-refractivity contribution in [2.75, 3.05) is 39.3 Å². The molecule has 1 saturated heterocycles. The smallest absolute Gasteiger partial charge is 0.287 e. The highest BCUT2D eigenvalue weighted by molar-refractivity contribution is 5.95. The molecular formula is C14H23ClN4O3. The van der Waals surface area contributed by atoms with Crippen LogP contribution in [0.15, 0.2) is 22.8 Å². The van der Waals surface area contributed by atoms with Crippen molar-refractivity contribution in [1.29, 1.82) is 0 Å². The van der Waals surface area contributed by atoms with E-state index in [4.69, 9.17) is 4.42 Å². The second-order valence-corrected chi connectivity index (χ2v) is 5.06. The van der Waals surface area contributed by atoms with Gasteiger partial charge < -0.3 is 20.4 Å². The number of nitrogens with zero attached hydrogens (tertiary/aromatic N) is 1. The summed E-state index contributed by atoms with van der Waals surface area (Å²) in [5.74, 6) is -0.370. The van der Waals surface area contributed by atoms with Crippen LogP contribution >= 0.6 is 12.4 Å². The van der Waals surface area contributed by atoms with Crippen LogP contribution in [0.3, 0.4) is 0 Å². The van der Waals surface area contributed by atoms with Crippen LogP contribution in [0.2, 0.25) is 0 Å². The minimum Gasteiger partial charge on any atom is -0.459 e. The fraction of sp³-hybridized carbons (Fsp3) is 0.571. The van der Waals surface area contributed by atoms with Gasteiger partial charge in [-0.2, -0.15) is 0 Å². The fourth-order valence-corrected chi connectivity index (χ4v) is 2.17. The molecule has 1 fully saturated rings. The third-order valence-corrected chi connectivity index (χ3v) is 3.42. The predicted molar refractivity (Wildman–Crippen MR) is 85.2 cm³/mol. The van der Waals surface area contributed by atoms with Gasteiger partial charge in [-0.05, 0) is 19.1 Å². The number of rotatable bonds is 6. The van der Waals surface area contributed by atoms with Gasteiger partial charge in [-0.25, -0.2) is 0 Å². The molecule has 1 unspecified atom stereocenters. The van der Waals surface area contributed by atoms with Crippen LogP contribution in [0.25, 0.3) is 0 Å². The van der Waals surface area contributed by atoms with Gasteiger partial charge in [0.25, 0.3) is 5.91 Å². The molecule has 124 valence electrons. The molecule has 1 aromatic rings. The third kappa shape index (κ3) is 5.67. The fourth-order valence-electron chi connectivity index (χ4n) is 2.17. The monoisotopic (exact) mass is 330 g/mol. The van der Waals surface area contributed by atoms with E-state index in [0.29, 0.717) is 6.54 Å². The Morgan fingerprint density at radius 3 is 2.77 bits per heavy atom. The summed E-state index contributed by atoms with van der Waals surface area (Å²) in [5.41, 5.74) is 0. The summed E-state index contributed by atoms with van der Waals surface area (Å²) in [6.07, 6.45) is 1.42. The standard InChI is InChI=1S/C14H22N4O3.ClH/c1-11(17-14(20)12-3-2-10-21-12)13(19)16-6-9-18-7-4-15-5-8-18;/h2-3,10-11,15H,4-9H2,1H3,(H,16,19)(H,17,20);1H. The van der Waals surface area contributed by atoms with Crippen LogP contribution < -0.4 is 16.0 Å². The van der Waals surface area contributed by atoms with Crippen molar-refractivity contribution < 1.29 is 14.0 Å². The average Bonchev–Trinajstić information content (AvgIpc) is 3.02. The minimum absolute atomic E-state index is 0. The van der Waals surface area contributed by atoms with Gasteiger partial charge in [0.15, 0.2) is 5.76 Å². The van der Waals surface area contributed by atoms with Gasteiger partial charge in [0.2, 0.25) is 5.91 Å². The first-order valence-corrected chi connectivity index (χ1v) is 7.22. The Hall–Kier alpha value is -1.57. The van der Waals surface area contributed by atoms with Crippen LogP contribution in [0.1, 0.15) is 17.5 Å². The van der Waals surface area contributed by atoms with Crippen molar-refractivity contribution in [3.05, 3.63) is 24.2 Å². The molecule has 22 heavy (non-hydrogen) atoms. The first-order chi connectivity index (χ1) is 10.2. The molecule has 7 nitrogen and oxygen atoms in total. The molecule has 0 bridgehead atoms. The Bertz CT molecular complexity index is 461. The molecule has 2 rings (SSSR count). The van der Waals surface area contributed by atoms with E-state index in [2.05, 4.69) is 20.9 Å². The van der Waals surface area contributed by atoms with Gasteiger partial charge in [-0.3, -0.25) is 14.5 Å². The number of nitrogens with one attached hydrogen (secondary N) is 3. The van der Waals surface area contributed by atoms with E-state index < -0.39 is 6.04 Å². The SMILES string of the molecule is CC(NC(=O)c1ccco1)C(=O)NCCN1CCNCC1.Cl. The summed E-state index contributed by atoms with van der Waals surface area (Å²) >= 11 is 0. The molecule has 3 N–H and O–H groups in total. The van der Waals surface area contributed by atoms with Gasteiger partial charge >= 0.3 is 0 Å². The Balaban J connectivity index is 0.00000242. The molecule has 1 aromatic heterocycles. The molecule has 8 heteroatoms. The lowest BCUT2D eigenvalue weighted by molar-refractivity contribution is -0.122. The Morgan fingerprint density at radius 2 is 2.14 bits per heavy atom. The highest BCUT2D eigenvalue weighted by Crippen LogP contribution is 2.00. The van der Waals surface area contributed by atoms with Crippen LogP contribution in [-0.2, 0) is 4.79 Å². The van der Waals surface area contributed by atoms with Crippen molar-refractivity contribution >= 4 is 24.2 Å². The minimum atomic E-state index is -0.592. The quantitative estimate of drug-likeness (QED) is 0.675. The van der Waals surface area contributed by atoms with Crippen LogP contribution in [-0.4, -0.2) is 62.0 Å². The van der Waals surface area contributed by atoms with Crippen molar-refractivity contribution in [3.63, 3.8) is 0 Å². The van der Waals surface area contributed by atoms with E-state index in [1.165, 1.54) is 6.26 Å². The molecule has 2 heterocycles. The maximum absolute atomic E-state index is 11.9. The number of piperazine rings is 1. The molecular weight excluding hydrogens is 308 g/mol. The maximum Gasteiger partial charge on any atom is 0.287 e. The van der Waals surface area contributed by atoms with Gasteiger partial charge in [0.05, 0.1) is 6.26 Å². The number of carbonyl (C=O) groups is 2. The summed E-state index contributed by atoms with van der Waals surface area (Å²) in [4.78, 5) is 25.9. The molecule has 0 spiro atoms. The topological polar surface area (TPSA) is 86.6 Å². The molecule has 0 aliphatic carbocycles. The summed E-state index contributed by atoms with van der Waals surface area (Å²) in [5, 5.41) is 8.72. The van der Waals surface area contributed by atoms with E-state index in [1.54, 1.807) is 19.1 Å². The number of halogens is 1. The van der Waals surface area contributed by atoms with Gasteiger partial charge in [-0.1, -0.05) is 0 Å². The highest BCUT2D eigenvalue weighted by Gasteiger charge is 2.18. The summed E-state index contributed by atoms with van der Waals surface area (Å²) in [7, 11) is 0. The van der Waals surface area contributed by atoms with Crippen LogP contribution in [0.5, 0.6) is 0 Å². The molecule has 0 saturated carbocycles. The van der Waals surface area contributed by atoms with Gasteiger partial charge in [0.1, 0.15) is 6.04 Å². The van der Waals surface area contributed by atoms with Gasteiger partial charge in [0, 0.05) is 39.3 Å². The van der Waals surface area contributed by atoms with E-state index >= 15 is 0 Å². The highest BCUT2D eigenvalue weighted by atomic mass is 35.5. The first-order valence-electron chi connectivity index (χ1n) is 7.22. The Morgan fingerprint density at radius 1 is 1.41 bits per heavy atom. The van der Waals surface area contributed by atoms with Crippen LogP contribution in [0.4, 0.5) is 0 Å². The number of hydrogen-bond donors (Lipinski definition) is 3. The molecule has 2 amide bonds. The summed E-state index contributed by atoms with van der Waals surface area (Å²) in [6.45, 7) is 7.04. The van der Waals surface area contributed by atoms with Crippen molar-refractivity contribution in [2.45, 2.75) is 13.0 Å². The molecule has 0 aromatic carbocycles. The number of hydrogen-bond acceptors (Lipinski definition) is 5. The van der Waals surface area contributed by atoms with Crippen molar-refractivity contribution in [1.82, 2.24) is 20.9 Å². The second kappa shape index (κ2) is 9.45. The molecule has 0 radical (unpaired) electrons. The summed E-state index contributed by atoms with van der Waals surface area (Å²) in [6, 6.07) is 2.60. The van der Waals surface area contributed by atoms with E-state index in [-0.39, 0.29) is 30.0 Å². The second-order valence-electron chi connectivity index (χ2n) is 5.06. The summed E-state index contributed by atoms with van der Waals surface area (Å²) < 4.78 is 4.98. The first kappa shape index (κ1) is 18.5. The van der Waals surface area contributed by atoms with Gasteiger partial charge in [-0.15, -0.1) is 12.4 Å². The number of furan rings is 1.